The molecule has 4 bridgehead atoms. The zero-order valence-electron chi connectivity index (χ0n) is 22.2. The second kappa shape index (κ2) is 9.61. The molecule has 1 aromatic carbocycles. The first kappa shape index (κ1) is 25.8. The number of aliphatic carboxylic acids is 1. The van der Waals surface area contributed by atoms with Gasteiger partial charge >= 0.3 is 5.97 Å². The molecule has 206 valence electrons. The molecule has 7 nitrogen and oxygen atoms in total. The molecule has 2 heterocycles. The van der Waals surface area contributed by atoms with E-state index in [-0.39, 0.29) is 35.3 Å². The number of aromatic nitrogens is 2. The lowest BCUT2D eigenvalue weighted by molar-refractivity contribution is -0.144. The third-order valence-electron chi connectivity index (χ3n) is 9.18. The fourth-order valence-electron chi connectivity index (χ4n) is 7.83. The predicted octanol–water partition coefficient (Wildman–Crippen LogP) is 5.46. The number of hydrogen-bond donors (Lipinski definition) is 2. The summed E-state index contributed by atoms with van der Waals surface area (Å²) < 4.78 is 35.8. The number of fused-ring (bicyclic) bond motifs is 2. The van der Waals surface area contributed by atoms with Gasteiger partial charge in [-0.3, -0.25) is 14.0 Å². The number of halogens is 2. The number of carbonyl (C=O) groups excluding carboxylic acids is 1. The zero-order chi connectivity index (χ0) is 27.5. The van der Waals surface area contributed by atoms with Crippen molar-refractivity contribution in [2.75, 3.05) is 6.54 Å². The van der Waals surface area contributed by atoms with Gasteiger partial charge in [-0.25, -0.2) is 13.8 Å². The number of benzene rings is 1. The first-order valence-corrected chi connectivity index (χ1v) is 13.7. The molecule has 1 amide bonds. The summed E-state index contributed by atoms with van der Waals surface area (Å²) in [5.74, 6) is -1.15. The number of ether oxygens (including phenoxy) is 1. The lowest BCUT2D eigenvalue weighted by Gasteiger charge is -2.48. The number of nitrogens with zero attached hydrogens (tertiary/aromatic N) is 2. The number of carboxylic acid groups (broad SMARTS) is 1. The van der Waals surface area contributed by atoms with Crippen LogP contribution in [0.2, 0.25) is 0 Å². The van der Waals surface area contributed by atoms with E-state index in [0.29, 0.717) is 41.2 Å². The molecule has 3 aromatic rings. The average Bonchev–Trinajstić information content (AvgIpc) is 3.07. The molecule has 0 saturated heterocycles. The van der Waals surface area contributed by atoms with E-state index in [4.69, 9.17) is 4.74 Å². The first-order chi connectivity index (χ1) is 18.6. The van der Waals surface area contributed by atoms with E-state index < -0.39 is 17.6 Å². The summed E-state index contributed by atoms with van der Waals surface area (Å²) in [5.41, 5.74) is 1.87. The Morgan fingerprint density at radius 3 is 2.56 bits per heavy atom. The summed E-state index contributed by atoms with van der Waals surface area (Å²) in [6, 6.07) is 5.41. The van der Waals surface area contributed by atoms with Crippen molar-refractivity contribution in [1.29, 1.82) is 0 Å². The molecule has 4 aliphatic rings. The molecule has 2 N–H and O–H groups in total. The molecule has 39 heavy (non-hydrogen) atoms. The van der Waals surface area contributed by atoms with Gasteiger partial charge in [-0.1, -0.05) is 6.07 Å². The van der Waals surface area contributed by atoms with E-state index in [1.165, 1.54) is 18.2 Å². The van der Waals surface area contributed by atoms with Crippen LogP contribution in [-0.4, -0.2) is 32.9 Å². The number of nitrogens with one attached hydrogen (secondary N) is 1. The van der Waals surface area contributed by atoms with E-state index >= 15 is 0 Å². The van der Waals surface area contributed by atoms with Gasteiger partial charge in [0.2, 0.25) is 0 Å². The number of amides is 1. The van der Waals surface area contributed by atoms with Gasteiger partial charge < -0.3 is 15.2 Å². The molecule has 0 radical (unpaired) electrons. The Balaban J connectivity index is 1.23. The molecule has 4 saturated carbocycles. The van der Waals surface area contributed by atoms with E-state index in [0.717, 1.165) is 44.1 Å². The minimum Gasteiger partial charge on any atom is -0.485 e. The van der Waals surface area contributed by atoms with Crippen molar-refractivity contribution in [2.24, 2.45) is 29.1 Å². The summed E-state index contributed by atoms with van der Waals surface area (Å²) in [4.78, 5) is 30.1. The summed E-state index contributed by atoms with van der Waals surface area (Å²) in [5, 5.41) is 13.0. The number of carboxylic acids is 1. The molecule has 5 unspecified atom stereocenters. The fraction of sp³-hybridized carbons (Fsp3) is 0.500. The van der Waals surface area contributed by atoms with E-state index in [9.17, 15) is 23.5 Å². The van der Waals surface area contributed by atoms with Crippen molar-refractivity contribution in [1.82, 2.24) is 14.7 Å². The van der Waals surface area contributed by atoms with E-state index in [1.54, 1.807) is 23.6 Å². The third-order valence-corrected chi connectivity index (χ3v) is 9.18. The van der Waals surface area contributed by atoms with Gasteiger partial charge in [0.25, 0.3) is 5.91 Å². The second-order valence-electron chi connectivity index (χ2n) is 12.0. The van der Waals surface area contributed by atoms with Gasteiger partial charge in [0.05, 0.1) is 17.2 Å². The number of aryl methyl sites for hydroxylation is 2. The minimum absolute atomic E-state index is 0.0707. The maximum absolute atomic E-state index is 14.1. The highest BCUT2D eigenvalue weighted by molar-refractivity contribution is 5.95. The van der Waals surface area contributed by atoms with Crippen LogP contribution in [0.1, 0.15) is 65.8 Å². The number of imidazole rings is 1. The van der Waals surface area contributed by atoms with E-state index in [1.807, 2.05) is 6.92 Å². The predicted molar refractivity (Wildman–Crippen MR) is 139 cm³/mol. The van der Waals surface area contributed by atoms with Crippen LogP contribution in [0.5, 0.6) is 5.75 Å². The molecule has 4 aliphatic carbocycles. The summed E-state index contributed by atoms with van der Waals surface area (Å²) in [6.07, 6.45) is 7.45. The van der Waals surface area contributed by atoms with Crippen LogP contribution in [0.4, 0.5) is 8.78 Å². The number of rotatable bonds is 7. The van der Waals surface area contributed by atoms with Gasteiger partial charge in [-0.05, 0) is 99.3 Å². The molecule has 0 spiro atoms. The van der Waals surface area contributed by atoms with Crippen molar-refractivity contribution < 1.29 is 28.2 Å². The van der Waals surface area contributed by atoms with Crippen LogP contribution in [0.3, 0.4) is 0 Å². The number of pyridine rings is 1. The topological polar surface area (TPSA) is 92.9 Å². The number of carbonyl (C=O) groups is 2. The minimum atomic E-state index is -0.687. The van der Waals surface area contributed by atoms with Crippen LogP contribution in [0.25, 0.3) is 5.65 Å². The second-order valence-corrected chi connectivity index (χ2v) is 12.0. The molecule has 9 heteroatoms. The molecule has 0 aliphatic heterocycles. The molecule has 4 fully saturated rings. The summed E-state index contributed by atoms with van der Waals surface area (Å²) in [6.45, 7) is 3.81. The fourth-order valence-corrected chi connectivity index (χ4v) is 7.83. The third kappa shape index (κ3) is 4.66. The van der Waals surface area contributed by atoms with Crippen LogP contribution < -0.4 is 10.1 Å². The van der Waals surface area contributed by atoms with Crippen molar-refractivity contribution >= 4 is 17.5 Å². The van der Waals surface area contributed by atoms with Gasteiger partial charge in [0.15, 0.2) is 11.4 Å². The van der Waals surface area contributed by atoms with Crippen LogP contribution in [0, 0.1) is 54.6 Å². The Labute approximate surface area is 225 Å². The normalized spacial score (nSPS) is 27.5. The Morgan fingerprint density at radius 2 is 1.85 bits per heavy atom. The Morgan fingerprint density at radius 1 is 1.13 bits per heavy atom. The standard InChI is InChI=1S/C30H33F2N3O4/c1-16-6-25(39-14-22-23(31)4-3-5-24(22)32)27-34-17(2)26(35(27)13-16)28(36)33-15-30-10-18-7-19(11-30)9-21(29(37)38)20(8-18)12-30/h3-6,13,18-21H,7-12,14-15H2,1-2H3,(H,33,36)(H,37,38). The van der Waals surface area contributed by atoms with Crippen molar-refractivity contribution in [3.63, 3.8) is 0 Å². The van der Waals surface area contributed by atoms with E-state index in [2.05, 4.69) is 10.3 Å². The lowest BCUT2D eigenvalue weighted by atomic mass is 9.58. The average molecular weight is 538 g/mol. The molecule has 7 rings (SSSR count). The van der Waals surface area contributed by atoms with Gasteiger partial charge in [-0.15, -0.1) is 0 Å². The SMILES string of the molecule is Cc1cc(OCc2c(F)cccc2F)c2nc(C)c(C(=O)NCC34CC5CC(CC(C(=O)O)C(C5)C3)C4)n2c1. The monoisotopic (exact) mass is 537 g/mol. The highest BCUT2D eigenvalue weighted by Gasteiger charge is 2.52. The van der Waals surface area contributed by atoms with Crippen LogP contribution in [-0.2, 0) is 11.4 Å². The van der Waals surface area contributed by atoms with Crippen molar-refractivity contribution in [3.05, 3.63) is 64.6 Å². The lowest BCUT2D eigenvalue weighted by Crippen LogP contribution is -2.46. The Hall–Kier alpha value is -3.49. The van der Waals surface area contributed by atoms with Crippen LogP contribution in [0.15, 0.2) is 30.5 Å². The summed E-state index contributed by atoms with van der Waals surface area (Å²) in [7, 11) is 0. The Kier molecular flexibility index (Phi) is 6.35. The quantitative estimate of drug-likeness (QED) is 0.418. The smallest absolute Gasteiger partial charge is 0.306 e. The van der Waals surface area contributed by atoms with Crippen LogP contribution >= 0.6 is 0 Å². The van der Waals surface area contributed by atoms with Gasteiger partial charge in [0, 0.05) is 12.7 Å². The number of hydrogen-bond acceptors (Lipinski definition) is 4. The maximum atomic E-state index is 14.1. The molecule has 5 atom stereocenters. The molecular weight excluding hydrogens is 504 g/mol. The molecule has 2 aromatic heterocycles. The first-order valence-electron chi connectivity index (χ1n) is 13.7. The highest BCUT2D eigenvalue weighted by Crippen LogP contribution is 2.59. The van der Waals surface area contributed by atoms with Gasteiger partial charge in [-0.2, -0.15) is 0 Å². The molecular formula is C30H33F2N3O4. The van der Waals surface area contributed by atoms with Crippen molar-refractivity contribution in [2.45, 2.75) is 59.0 Å². The Bertz CT molecular complexity index is 1450. The van der Waals surface area contributed by atoms with Gasteiger partial charge in [0.1, 0.15) is 23.9 Å². The zero-order valence-corrected chi connectivity index (χ0v) is 22.2. The largest absolute Gasteiger partial charge is 0.485 e. The highest BCUT2D eigenvalue weighted by atomic mass is 19.1. The van der Waals surface area contributed by atoms with Crippen molar-refractivity contribution in [3.8, 4) is 5.75 Å². The summed E-state index contributed by atoms with van der Waals surface area (Å²) >= 11 is 0. The maximum Gasteiger partial charge on any atom is 0.306 e.